The van der Waals surface area contributed by atoms with Crippen LogP contribution in [0, 0.1) is 0 Å². The summed E-state index contributed by atoms with van der Waals surface area (Å²) >= 11 is 5.73. The zero-order chi connectivity index (χ0) is 9.84. The quantitative estimate of drug-likeness (QED) is 0.437. The maximum Gasteiger partial charge on any atom is 0.124 e. The van der Waals surface area contributed by atoms with Crippen LogP contribution in [-0.4, -0.2) is 16.0 Å². The van der Waals surface area contributed by atoms with Crippen molar-refractivity contribution in [1.29, 1.82) is 0 Å². The van der Waals surface area contributed by atoms with Crippen molar-refractivity contribution in [1.82, 2.24) is 0 Å². The van der Waals surface area contributed by atoms with Gasteiger partial charge >= 0.3 is 0 Å². The number of phenols is 1. The molecule has 0 aliphatic carbocycles. The van der Waals surface area contributed by atoms with Gasteiger partial charge in [-0.1, -0.05) is 23.7 Å². The molecule has 0 aliphatic heterocycles. The summed E-state index contributed by atoms with van der Waals surface area (Å²) in [7, 11) is 0. The molecule has 4 heteroatoms. The van der Waals surface area contributed by atoms with E-state index in [1.54, 1.807) is 12.1 Å². The Morgan fingerprint density at radius 2 is 2.23 bits per heavy atom. The van der Waals surface area contributed by atoms with Crippen molar-refractivity contribution in [2.45, 2.75) is 13.3 Å². The summed E-state index contributed by atoms with van der Waals surface area (Å²) in [6.45, 7) is 1.83. The van der Waals surface area contributed by atoms with Gasteiger partial charge in [0.1, 0.15) is 5.75 Å². The van der Waals surface area contributed by atoms with Crippen molar-refractivity contribution in [3.8, 4) is 5.75 Å². The molecule has 70 valence electrons. The van der Waals surface area contributed by atoms with Gasteiger partial charge in [0.05, 0.1) is 5.71 Å². The molecular formula is C9H10ClNO2. The fraction of sp³-hybridized carbons (Fsp3) is 0.222. The summed E-state index contributed by atoms with van der Waals surface area (Å²) in [5.41, 5.74) is 0.887. The van der Waals surface area contributed by atoms with E-state index in [-0.39, 0.29) is 5.75 Å². The minimum Gasteiger partial charge on any atom is -0.507 e. The van der Waals surface area contributed by atoms with E-state index in [1.807, 2.05) is 6.92 Å². The number of halogens is 1. The lowest BCUT2D eigenvalue weighted by molar-refractivity contribution is 0.318. The van der Waals surface area contributed by atoms with Gasteiger partial charge in [0, 0.05) is 10.6 Å². The average molecular weight is 200 g/mol. The highest BCUT2D eigenvalue weighted by molar-refractivity contribution is 6.31. The zero-order valence-electron chi connectivity index (χ0n) is 7.16. The summed E-state index contributed by atoms with van der Waals surface area (Å²) in [5, 5.41) is 21.6. The third kappa shape index (κ3) is 2.12. The van der Waals surface area contributed by atoms with E-state index in [1.165, 1.54) is 6.07 Å². The lowest BCUT2D eigenvalue weighted by Gasteiger charge is -2.04. The van der Waals surface area contributed by atoms with E-state index in [4.69, 9.17) is 16.8 Å². The molecule has 0 atom stereocenters. The lowest BCUT2D eigenvalue weighted by Crippen LogP contribution is -1.99. The molecular weight excluding hydrogens is 190 g/mol. The second-order valence-electron chi connectivity index (χ2n) is 2.56. The van der Waals surface area contributed by atoms with E-state index in [0.29, 0.717) is 22.7 Å². The number of phenolic OH excluding ortho intramolecular Hbond substituents is 1. The standard InChI is InChI=1S/C9H10ClNO2/c1-2-8(11-13)7-5-6(10)3-4-9(7)12/h3-5,12-13H,2H2,1H3/b11-8-. The minimum atomic E-state index is 0.0686. The van der Waals surface area contributed by atoms with E-state index >= 15 is 0 Å². The van der Waals surface area contributed by atoms with E-state index in [9.17, 15) is 5.11 Å². The fourth-order valence-corrected chi connectivity index (χ4v) is 1.23. The molecule has 1 rings (SSSR count). The van der Waals surface area contributed by atoms with Crippen molar-refractivity contribution < 1.29 is 10.3 Å². The first-order chi connectivity index (χ1) is 6.19. The SMILES string of the molecule is CC/C(=N/O)c1cc(Cl)ccc1O. The summed E-state index contributed by atoms with van der Waals surface area (Å²) < 4.78 is 0. The van der Waals surface area contributed by atoms with Gasteiger partial charge in [-0.2, -0.15) is 0 Å². The molecule has 0 saturated carbocycles. The van der Waals surface area contributed by atoms with E-state index in [2.05, 4.69) is 5.16 Å². The molecule has 0 heterocycles. The van der Waals surface area contributed by atoms with Gasteiger partial charge in [-0.25, -0.2) is 0 Å². The van der Waals surface area contributed by atoms with Crippen LogP contribution in [0.3, 0.4) is 0 Å². The largest absolute Gasteiger partial charge is 0.507 e. The first kappa shape index (κ1) is 9.86. The molecule has 0 fully saturated rings. The van der Waals surface area contributed by atoms with Crippen molar-refractivity contribution >= 4 is 17.3 Å². The molecule has 3 nitrogen and oxygen atoms in total. The molecule has 0 aromatic heterocycles. The summed E-state index contributed by atoms with van der Waals surface area (Å²) in [4.78, 5) is 0. The third-order valence-electron chi connectivity index (χ3n) is 1.73. The molecule has 0 amide bonds. The number of oxime groups is 1. The number of hydrogen-bond donors (Lipinski definition) is 2. The zero-order valence-corrected chi connectivity index (χ0v) is 7.91. The van der Waals surface area contributed by atoms with Crippen LogP contribution in [0.2, 0.25) is 5.02 Å². The van der Waals surface area contributed by atoms with Crippen LogP contribution < -0.4 is 0 Å². The Morgan fingerprint density at radius 1 is 1.54 bits per heavy atom. The molecule has 13 heavy (non-hydrogen) atoms. The van der Waals surface area contributed by atoms with Crippen LogP contribution in [0.25, 0.3) is 0 Å². The number of benzene rings is 1. The monoisotopic (exact) mass is 199 g/mol. The highest BCUT2D eigenvalue weighted by Gasteiger charge is 2.07. The topological polar surface area (TPSA) is 52.8 Å². The number of rotatable bonds is 2. The molecule has 0 unspecified atom stereocenters. The molecule has 0 saturated heterocycles. The first-order valence-electron chi connectivity index (χ1n) is 3.88. The van der Waals surface area contributed by atoms with Crippen molar-refractivity contribution in [2.75, 3.05) is 0 Å². The van der Waals surface area contributed by atoms with Crippen LogP contribution in [0.1, 0.15) is 18.9 Å². The number of hydrogen-bond acceptors (Lipinski definition) is 3. The summed E-state index contributed by atoms with van der Waals surface area (Å²) in [5.74, 6) is 0.0686. The van der Waals surface area contributed by atoms with E-state index in [0.717, 1.165) is 0 Å². The van der Waals surface area contributed by atoms with Gasteiger partial charge in [0.2, 0.25) is 0 Å². The lowest BCUT2D eigenvalue weighted by atomic mass is 10.1. The van der Waals surface area contributed by atoms with Crippen LogP contribution in [-0.2, 0) is 0 Å². The average Bonchev–Trinajstić information content (AvgIpc) is 2.13. The van der Waals surface area contributed by atoms with Gasteiger partial charge in [0.25, 0.3) is 0 Å². The molecule has 2 N–H and O–H groups in total. The Hall–Kier alpha value is -1.22. The predicted molar refractivity (Wildman–Crippen MR) is 51.7 cm³/mol. The Morgan fingerprint density at radius 3 is 2.77 bits per heavy atom. The van der Waals surface area contributed by atoms with Gasteiger partial charge in [-0.05, 0) is 24.6 Å². The second-order valence-corrected chi connectivity index (χ2v) is 3.00. The van der Waals surface area contributed by atoms with Crippen LogP contribution in [0.5, 0.6) is 5.75 Å². The van der Waals surface area contributed by atoms with Crippen LogP contribution >= 0.6 is 11.6 Å². The van der Waals surface area contributed by atoms with Crippen LogP contribution in [0.4, 0.5) is 0 Å². The van der Waals surface area contributed by atoms with Gasteiger partial charge < -0.3 is 10.3 Å². The van der Waals surface area contributed by atoms with Gasteiger partial charge in [-0.3, -0.25) is 0 Å². The minimum absolute atomic E-state index is 0.0686. The Balaban J connectivity index is 3.19. The second kappa shape index (κ2) is 4.14. The molecule has 0 aliphatic rings. The fourth-order valence-electron chi connectivity index (χ4n) is 1.05. The Kier molecular flexibility index (Phi) is 3.14. The Bertz CT molecular complexity index is 336. The van der Waals surface area contributed by atoms with Crippen LogP contribution in [0.15, 0.2) is 23.4 Å². The molecule has 0 bridgehead atoms. The third-order valence-corrected chi connectivity index (χ3v) is 1.96. The summed E-state index contributed by atoms with van der Waals surface area (Å²) in [6, 6.07) is 4.61. The van der Waals surface area contributed by atoms with Crippen molar-refractivity contribution in [2.24, 2.45) is 5.16 Å². The summed E-state index contributed by atoms with van der Waals surface area (Å²) in [6.07, 6.45) is 0.532. The molecule has 1 aromatic rings. The first-order valence-corrected chi connectivity index (χ1v) is 4.26. The maximum atomic E-state index is 9.42. The molecule has 0 radical (unpaired) electrons. The number of nitrogens with zero attached hydrogens (tertiary/aromatic N) is 1. The normalized spacial score (nSPS) is 11.7. The molecule has 1 aromatic carbocycles. The van der Waals surface area contributed by atoms with Crippen molar-refractivity contribution in [3.63, 3.8) is 0 Å². The smallest absolute Gasteiger partial charge is 0.124 e. The van der Waals surface area contributed by atoms with Crippen molar-refractivity contribution in [3.05, 3.63) is 28.8 Å². The highest BCUT2D eigenvalue weighted by Crippen LogP contribution is 2.22. The van der Waals surface area contributed by atoms with E-state index < -0.39 is 0 Å². The van der Waals surface area contributed by atoms with Gasteiger partial charge in [0.15, 0.2) is 0 Å². The predicted octanol–water partition coefficient (Wildman–Crippen LogP) is 2.63. The van der Waals surface area contributed by atoms with Gasteiger partial charge in [-0.15, -0.1) is 0 Å². The highest BCUT2D eigenvalue weighted by atomic mass is 35.5. The number of aromatic hydroxyl groups is 1. The molecule has 0 spiro atoms. The Labute approximate surface area is 81.3 Å². The maximum absolute atomic E-state index is 9.42.